The molecule has 5 nitrogen and oxygen atoms in total. The highest BCUT2D eigenvalue weighted by Crippen LogP contribution is 2.49. The van der Waals surface area contributed by atoms with Gasteiger partial charge in [-0.2, -0.15) is 0 Å². The Bertz CT molecular complexity index is 666. The van der Waals surface area contributed by atoms with Crippen LogP contribution in [0.4, 0.5) is 13.2 Å². The van der Waals surface area contributed by atoms with Gasteiger partial charge in [0.1, 0.15) is 11.8 Å². The number of ether oxygens (including phenoxy) is 1. The summed E-state index contributed by atoms with van der Waals surface area (Å²) in [6.07, 6.45) is -0.912. The Kier molecular flexibility index (Phi) is 5.94. The molecule has 0 saturated heterocycles. The van der Waals surface area contributed by atoms with Crippen molar-refractivity contribution in [2.24, 2.45) is 5.41 Å². The molecule has 2 N–H and O–H groups in total. The van der Waals surface area contributed by atoms with Crippen LogP contribution in [-0.2, 0) is 16.0 Å². The zero-order valence-corrected chi connectivity index (χ0v) is 14.0. The molecule has 0 aromatic heterocycles. The topological polar surface area (TPSA) is 75.6 Å². The summed E-state index contributed by atoms with van der Waals surface area (Å²) in [5.74, 6) is -1.78. The number of hydrogen-bond acceptors (Lipinski definition) is 3. The second-order valence-electron chi connectivity index (χ2n) is 6.38. The highest BCUT2D eigenvalue weighted by molar-refractivity contribution is 5.89. The number of carboxylic acids is 1. The lowest BCUT2D eigenvalue weighted by atomic mass is 9.95. The van der Waals surface area contributed by atoms with Gasteiger partial charge < -0.3 is 15.2 Å². The monoisotopic (exact) mass is 371 g/mol. The fourth-order valence-electron chi connectivity index (χ4n) is 2.69. The molecule has 0 spiro atoms. The molecule has 0 bridgehead atoms. The second-order valence-corrected chi connectivity index (χ2v) is 6.38. The van der Waals surface area contributed by atoms with Gasteiger partial charge >= 0.3 is 12.3 Å². The Morgan fingerprint density at radius 1 is 1.31 bits per heavy atom. The molecule has 1 aliphatic carbocycles. The number of carboxylic acid groups (broad SMARTS) is 1. The number of carbonyl (C=O) groups excluding carboxylic acids is 1. The van der Waals surface area contributed by atoms with Gasteiger partial charge in [-0.1, -0.05) is 18.2 Å². The van der Waals surface area contributed by atoms with Crippen molar-refractivity contribution < 1.29 is 32.6 Å². The van der Waals surface area contributed by atoms with Crippen LogP contribution in [0.15, 0.2) is 36.9 Å². The van der Waals surface area contributed by atoms with Crippen molar-refractivity contribution in [3.63, 3.8) is 0 Å². The van der Waals surface area contributed by atoms with Gasteiger partial charge in [-0.05, 0) is 49.8 Å². The van der Waals surface area contributed by atoms with E-state index in [2.05, 4.69) is 16.6 Å². The molecule has 1 saturated carbocycles. The average molecular weight is 371 g/mol. The summed E-state index contributed by atoms with van der Waals surface area (Å²) in [7, 11) is 0. The number of hydrogen-bond donors (Lipinski definition) is 2. The van der Waals surface area contributed by atoms with E-state index in [0.717, 1.165) is 0 Å². The summed E-state index contributed by atoms with van der Waals surface area (Å²) >= 11 is 0. The SMILES string of the molecule is C=CCCC(NC(=O)C1(Cc2ccc(OC(F)(F)F)cc2)CC1)C(=O)O. The molecule has 26 heavy (non-hydrogen) atoms. The van der Waals surface area contributed by atoms with Crippen LogP contribution in [0.2, 0.25) is 0 Å². The van der Waals surface area contributed by atoms with E-state index >= 15 is 0 Å². The third-order valence-electron chi connectivity index (χ3n) is 4.30. The first-order valence-corrected chi connectivity index (χ1v) is 8.14. The molecule has 0 aliphatic heterocycles. The Morgan fingerprint density at radius 2 is 1.92 bits per heavy atom. The number of halogens is 3. The van der Waals surface area contributed by atoms with Crippen molar-refractivity contribution in [2.45, 2.75) is 44.5 Å². The highest BCUT2D eigenvalue weighted by Gasteiger charge is 2.50. The maximum atomic E-state index is 12.5. The molecule has 1 unspecified atom stereocenters. The predicted molar refractivity (Wildman–Crippen MR) is 87.5 cm³/mol. The van der Waals surface area contributed by atoms with Crippen LogP contribution in [0.3, 0.4) is 0 Å². The molecule has 1 aromatic carbocycles. The minimum atomic E-state index is -4.75. The molecule has 1 atom stereocenters. The third-order valence-corrected chi connectivity index (χ3v) is 4.30. The minimum Gasteiger partial charge on any atom is -0.480 e. The minimum absolute atomic E-state index is 0.254. The Labute approximate surface area is 148 Å². The van der Waals surface area contributed by atoms with Crippen LogP contribution in [0.5, 0.6) is 5.75 Å². The first-order valence-electron chi connectivity index (χ1n) is 8.14. The van der Waals surface area contributed by atoms with E-state index in [-0.39, 0.29) is 18.1 Å². The van der Waals surface area contributed by atoms with Crippen molar-refractivity contribution in [3.8, 4) is 5.75 Å². The largest absolute Gasteiger partial charge is 0.573 e. The summed E-state index contributed by atoms with van der Waals surface area (Å²) in [4.78, 5) is 23.7. The van der Waals surface area contributed by atoms with Crippen molar-refractivity contribution in [2.75, 3.05) is 0 Å². The number of alkyl halides is 3. The molecule has 2 rings (SSSR count). The Morgan fingerprint density at radius 3 is 2.38 bits per heavy atom. The lowest BCUT2D eigenvalue weighted by Gasteiger charge is -2.20. The van der Waals surface area contributed by atoms with Crippen LogP contribution in [0, 0.1) is 5.41 Å². The molecule has 1 aliphatic rings. The number of aliphatic carboxylic acids is 1. The van der Waals surface area contributed by atoms with Gasteiger partial charge in [-0.25, -0.2) is 4.79 Å². The zero-order valence-electron chi connectivity index (χ0n) is 14.0. The molecular weight excluding hydrogens is 351 g/mol. The van der Waals surface area contributed by atoms with Gasteiger partial charge in [0.2, 0.25) is 5.91 Å². The molecule has 1 amide bonds. The van der Waals surface area contributed by atoms with Crippen molar-refractivity contribution in [1.29, 1.82) is 0 Å². The van der Waals surface area contributed by atoms with Crippen molar-refractivity contribution in [3.05, 3.63) is 42.5 Å². The van der Waals surface area contributed by atoms with Gasteiger partial charge in [0, 0.05) is 0 Å². The molecule has 142 valence electrons. The fraction of sp³-hybridized carbons (Fsp3) is 0.444. The maximum Gasteiger partial charge on any atom is 0.573 e. The Hall–Kier alpha value is -2.51. The standard InChI is InChI=1S/C18H20F3NO4/c1-2-3-4-14(15(23)24)22-16(25)17(9-10-17)11-12-5-7-13(8-6-12)26-18(19,20)21/h2,5-8,14H,1,3-4,9-11H2,(H,22,25)(H,23,24). The number of benzene rings is 1. The number of carbonyl (C=O) groups is 2. The lowest BCUT2D eigenvalue weighted by Crippen LogP contribution is -2.44. The number of amides is 1. The normalized spacial score (nSPS) is 16.4. The zero-order chi connectivity index (χ0) is 19.4. The third kappa shape index (κ3) is 5.50. The summed E-state index contributed by atoms with van der Waals surface area (Å²) in [6, 6.07) is 4.35. The first-order chi connectivity index (χ1) is 12.1. The highest BCUT2D eigenvalue weighted by atomic mass is 19.4. The van der Waals surface area contributed by atoms with Crippen molar-refractivity contribution in [1.82, 2.24) is 5.32 Å². The van der Waals surface area contributed by atoms with Crippen molar-refractivity contribution >= 4 is 11.9 Å². The number of nitrogens with one attached hydrogen (secondary N) is 1. The molecular formula is C18H20F3NO4. The van der Waals surface area contributed by atoms with Crippen LogP contribution >= 0.6 is 0 Å². The van der Waals surface area contributed by atoms with E-state index in [1.807, 2.05) is 0 Å². The van der Waals surface area contributed by atoms with E-state index in [1.54, 1.807) is 6.08 Å². The average Bonchev–Trinajstić information content (AvgIpc) is 3.32. The van der Waals surface area contributed by atoms with Gasteiger partial charge in [0.25, 0.3) is 0 Å². The summed E-state index contributed by atoms with van der Waals surface area (Å²) in [5.41, 5.74) is -0.0148. The summed E-state index contributed by atoms with van der Waals surface area (Å²) < 4.78 is 40.3. The smallest absolute Gasteiger partial charge is 0.480 e. The van der Waals surface area contributed by atoms with Crippen LogP contribution in [-0.4, -0.2) is 29.4 Å². The van der Waals surface area contributed by atoms with E-state index in [9.17, 15) is 27.9 Å². The quantitative estimate of drug-likeness (QED) is 0.652. The number of rotatable bonds is 9. The molecule has 0 heterocycles. The summed E-state index contributed by atoms with van der Waals surface area (Å²) in [6.45, 7) is 3.53. The van der Waals surface area contributed by atoms with Gasteiger partial charge in [0.15, 0.2) is 0 Å². The first kappa shape index (κ1) is 19.8. The van der Waals surface area contributed by atoms with Crippen LogP contribution < -0.4 is 10.1 Å². The van der Waals surface area contributed by atoms with Gasteiger partial charge in [0.05, 0.1) is 5.41 Å². The predicted octanol–water partition coefficient (Wildman–Crippen LogP) is 3.44. The number of allylic oxidation sites excluding steroid dienone is 1. The van der Waals surface area contributed by atoms with Gasteiger partial charge in [-0.3, -0.25) is 4.79 Å². The second kappa shape index (κ2) is 7.80. The van der Waals surface area contributed by atoms with E-state index in [0.29, 0.717) is 31.2 Å². The molecule has 8 heteroatoms. The molecule has 1 fully saturated rings. The Balaban J connectivity index is 1.98. The van der Waals surface area contributed by atoms with E-state index in [4.69, 9.17) is 0 Å². The molecule has 0 radical (unpaired) electrons. The van der Waals surface area contributed by atoms with E-state index < -0.39 is 23.8 Å². The lowest BCUT2D eigenvalue weighted by molar-refractivity contribution is -0.274. The van der Waals surface area contributed by atoms with Crippen LogP contribution in [0.1, 0.15) is 31.2 Å². The molecule has 1 aromatic rings. The van der Waals surface area contributed by atoms with E-state index in [1.165, 1.54) is 24.3 Å². The van der Waals surface area contributed by atoms with Crippen LogP contribution in [0.25, 0.3) is 0 Å². The summed E-state index contributed by atoms with van der Waals surface area (Å²) in [5, 5.41) is 11.8. The van der Waals surface area contributed by atoms with Gasteiger partial charge in [-0.15, -0.1) is 19.8 Å². The fourth-order valence-corrected chi connectivity index (χ4v) is 2.69. The maximum absolute atomic E-state index is 12.5.